The number of nitrogens with zero attached hydrogens (tertiary/aromatic N) is 4. The van der Waals surface area contributed by atoms with Gasteiger partial charge in [0.25, 0.3) is 0 Å². The van der Waals surface area contributed by atoms with Crippen molar-refractivity contribution in [2.45, 2.75) is 77.1 Å². The van der Waals surface area contributed by atoms with Gasteiger partial charge in [-0.15, -0.1) is 0 Å². The summed E-state index contributed by atoms with van der Waals surface area (Å²) in [6, 6.07) is 14.6. The van der Waals surface area contributed by atoms with Crippen LogP contribution >= 0.6 is 0 Å². The quantitative estimate of drug-likeness (QED) is 0.525. The van der Waals surface area contributed by atoms with E-state index in [0.717, 1.165) is 63.4 Å². The fourth-order valence-electron chi connectivity index (χ4n) is 6.10. The van der Waals surface area contributed by atoms with Crippen LogP contribution < -0.4 is 9.64 Å². The molecule has 3 aliphatic heterocycles. The summed E-state index contributed by atoms with van der Waals surface area (Å²) in [5, 5.41) is 0. The minimum absolute atomic E-state index is 0.134. The maximum Gasteiger partial charge on any atom is 0.350 e. The second kappa shape index (κ2) is 10.2. The van der Waals surface area contributed by atoms with E-state index in [1.165, 1.54) is 24.1 Å². The van der Waals surface area contributed by atoms with Crippen LogP contribution in [0.3, 0.4) is 0 Å². The fraction of sp³-hybridized carbons (Fsp3) is 0.517. The van der Waals surface area contributed by atoms with Crippen LogP contribution in [0.5, 0.6) is 5.75 Å². The highest BCUT2D eigenvalue weighted by Gasteiger charge is 2.55. The SMILES string of the molecule is CC(C)Oc1cccc(CN2CC[C@@]3(C[C@H]2C)C(N2CCCCC2)=NC(=O)N3c2cccc(F)c2)c1. The number of piperidine rings is 2. The summed E-state index contributed by atoms with van der Waals surface area (Å²) < 4.78 is 20.1. The molecule has 5 rings (SSSR count). The van der Waals surface area contributed by atoms with Crippen molar-refractivity contribution in [2.24, 2.45) is 4.99 Å². The molecule has 0 radical (unpaired) electrons. The van der Waals surface area contributed by atoms with Crippen LogP contribution in [-0.2, 0) is 6.54 Å². The van der Waals surface area contributed by atoms with Crippen LogP contribution in [-0.4, -0.2) is 59.0 Å². The zero-order valence-electron chi connectivity index (χ0n) is 21.6. The summed E-state index contributed by atoms with van der Waals surface area (Å²) in [6.07, 6.45) is 5.08. The van der Waals surface area contributed by atoms with Gasteiger partial charge >= 0.3 is 6.03 Å². The number of urea groups is 1. The number of amides is 2. The number of ether oxygens (including phenoxy) is 1. The second-order valence-corrected chi connectivity index (χ2v) is 10.7. The average molecular weight is 493 g/mol. The van der Waals surface area contributed by atoms with Crippen LogP contribution in [0.2, 0.25) is 0 Å². The molecule has 2 fully saturated rings. The number of amidine groups is 1. The first kappa shape index (κ1) is 24.8. The molecule has 0 aliphatic carbocycles. The van der Waals surface area contributed by atoms with Gasteiger partial charge in [-0.05, 0) is 88.8 Å². The summed E-state index contributed by atoms with van der Waals surface area (Å²) in [6.45, 7) is 9.78. The molecule has 0 unspecified atom stereocenters. The van der Waals surface area contributed by atoms with E-state index in [4.69, 9.17) is 4.74 Å². The number of hydrogen-bond donors (Lipinski definition) is 0. The highest BCUT2D eigenvalue weighted by atomic mass is 19.1. The average Bonchev–Trinajstić information content (AvgIpc) is 3.12. The Kier molecular flexibility index (Phi) is 7.02. The number of carbonyl (C=O) groups is 1. The summed E-state index contributed by atoms with van der Waals surface area (Å²) in [5.74, 6) is 1.44. The first-order chi connectivity index (χ1) is 17.4. The summed E-state index contributed by atoms with van der Waals surface area (Å²) in [5.41, 5.74) is 1.25. The molecule has 3 aliphatic rings. The van der Waals surface area contributed by atoms with Crippen molar-refractivity contribution in [2.75, 3.05) is 24.5 Å². The van der Waals surface area contributed by atoms with Crippen molar-refractivity contribution < 1.29 is 13.9 Å². The molecule has 0 N–H and O–H groups in total. The van der Waals surface area contributed by atoms with Crippen molar-refractivity contribution in [1.29, 1.82) is 0 Å². The Bertz CT molecular complexity index is 1130. The number of carbonyl (C=O) groups excluding carboxylic acids is 1. The lowest BCUT2D eigenvalue weighted by Gasteiger charge is -2.50. The van der Waals surface area contributed by atoms with E-state index in [9.17, 15) is 9.18 Å². The Hall–Kier alpha value is -2.93. The third kappa shape index (κ3) is 4.85. The minimum atomic E-state index is -0.555. The standard InChI is InChI=1S/C29H37FN4O2/c1-21(2)36-26-12-7-9-23(17-26)20-33-16-13-29(19-22(33)3)27(32-14-5-4-6-15-32)31-28(35)34(29)25-11-8-10-24(30)18-25/h7-12,17-18,21-22H,4-6,13-16,19-20H2,1-3H3/t22-,29-/m1/s1. The molecule has 2 amide bonds. The topological polar surface area (TPSA) is 48.4 Å². The number of benzene rings is 2. The lowest BCUT2D eigenvalue weighted by molar-refractivity contribution is 0.118. The second-order valence-electron chi connectivity index (χ2n) is 10.7. The molecule has 2 aromatic rings. The van der Waals surface area contributed by atoms with E-state index in [-0.39, 0.29) is 24.0 Å². The Balaban J connectivity index is 1.42. The monoisotopic (exact) mass is 492 g/mol. The minimum Gasteiger partial charge on any atom is -0.491 e. The Morgan fingerprint density at radius 2 is 1.86 bits per heavy atom. The van der Waals surface area contributed by atoms with Crippen molar-refractivity contribution in [3.8, 4) is 5.75 Å². The highest BCUT2D eigenvalue weighted by molar-refractivity contribution is 6.16. The summed E-state index contributed by atoms with van der Waals surface area (Å²) in [4.78, 5) is 24.6. The number of likely N-dealkylation sites (tertiary alicyclic amines) is 2. The van der Waals surface area contributed by atoms with E-state index in [1.807, 2.05) is 32.0 Å². The van der Waals surface area contributed by atoms with Crippen molar-refractivity contribution in [1.82, 2.24) is 9.80 Å². The molecule has 2 aromatic carbocycles. The third-order valence-corrected chi connectivity index (χ3v) is 7.68. The van der Waals surface area contributed by atoms with Crippen LogP contribution in [0, 0.1) is 5.82 Å². The maximum absolute atomic E-state index is 14.2. The van der Waals surface area contributed by atoms with Crippen LogP contribution in [0.15, 0.2) is 53.5 Å². The number of aliphatic imine (C=N–C) groups is 1. The molecule has 7 heteroatoms. The van der Waals surface area contributed by atoms with Crippen LogP contribution in [0.25, 0.3) is 0 Å². The van der Waals surface area contributed by atoms with Gasteiger partial charge in [0, 0.05) is 37.9 Å². The lowest BCUT2D eigenvalue weighted by atomic mass is 9.80. The Morgan fingerprint density at radius 1 is 1.08 bits per heavy atom. The molecule has 0 aromatic heterocycles. The van der Waals surface area contributed by atoms with Crippen LogP contribution in [0.4, 0.5) is 14.9 Å². The van der Waals surface area contributed by atoms with Gasteiger partial charge in [-0.2, -0.15) is 4.99 Å². The van der Waals surface area contributed by atoms with Crippen molar-refractivity contribution in [3.63, 3.8) is 0 Å². The maximum atomic E-state index is 14.2. The molecule has 2 atom stereocenters. The van der Waals surface area contributed by atoms with E-state index in [2.05, 4.69) is 33.8 Å². The first-order valence-corrected chi connectivity index (χ1v) is 13.3. The Labute approximate surface area is 213 Å². The highest BCUT2D eigenvalue weighted by Crippen LogP contribution is 2.43. The van der Waals surface area contributed by atoms with Crippen LogP contribution in [0.1, 0.15) is 58.4 Å². The first-order valence-electron chi connectivity index (χ1n) is 13.3. The molecular formula is C29H37FN4O2. The molecule has 3 heterocycles. The van der Waals surface area contributed by atoms with E-state index in [1.54, 1.807) is 11.0 Å². The van der Waals surface area contributed by atoms with Gasteiger partial charge in [-0.1, -0.05) is 18.2 Å². The number of rotatable bonds is 5. The van der Waals surface area contributed by atoms with E-state index < -0.39 is 5.54 Å². The van der Waals surface area contributed by atoms with Gasteiger partial charge in [0.2, 0.25) is 0 Å². The van der Waals surface area contributed by atoms with Crippen molar-refractivity contribution in [3.05, 3.63) is 59.9 Å². The van der Waals surface area contributed by atoms with Gasteiger partial charge in [-0.3, -0.25) is 9.80 Å². The number of anilines is 1. The predicted molar refractivity (Wildman–Crippen MR) is 141 cm³/mol. The van der Waals surface area contributed by atoms with E-state index in [0.29, 0.717) is 5.69 Å². The fourth-order valence-corrected chi connectivity index (χ4v) is 6.10. The molecule has 1 spiro atoms. The summed E-state index contributed by atoms with van der Waals surface area (Å²) >= 11 is 0. The van der Waals surface area contributed by atoms with E-state index >= 15 is 0 Å². The van der Waals surface area contributed by atoms with Gasteiger partial charge in [0.05, 0.1) is 6.10 Å². The predicted octanol–water partition coefficient (Wildman–Crippen LogP) is 5.86. The van der Waals surface area contributed by atoms with Gasteiger partial charge in [-0.25, -0.2) is 9.18 Å². The number of halogens is 1. The molecule has 192 valence electrons. The van der Waals surface area contributed by atoms with Gasteiger partial charge in [0.1, 0.15) is 22.9 Å². The largest absolute Gasteiger partial charge is 0.491 e. The molecule has 0 saturated carbocycles. The normalized spacial score (nSPS) is 25.1. The molecule has 0 bridgehead atoms. The molecule has 36 heavy (non-hydrogen) atoms. The zero-order valence-corrected chi connectivity index (χ0v) is 21.6. The zero-order chi connectivity index (χ0) is 25.3. The molecule has 6 nitrogen and oxygen atoms in total. The smallest absolute Gasteiger partial charge is 0.350 e. The molecule has 2 saturated heterocycles. The lowest BCUT2D eigenvalue weighted by Crippen LogP contribution is -2.63. The Morgan fingerprint density at radius 3 is 2.58 bits per heavy atom. The van der Waals surface area contributed by atoms with Gasteiger partial charge in [0.15, 0.2) is 0 Å². The third-order valence-electron chi connectivity index (χ3n) is 7.68. The van der Waals surface area contributed by atoms with Crippen molar-refractivity contribution >= 4 is 17.6 Å². The summed E-state index contributed by atoms with van der Waals surface area (Å²) in [7, 11) is 0. The number of hydrogen-bond acceptors (Lipinski definition) is 4. The van der Waals surface area contributed by atoms with Gasteiger partial charge < -0.3 is 9.64 Å². The molecular weight excluding hydrogens is 455 g/mol.